The predicted molar refractivity (Wildman–Crippen MR) is 44.1 cm³/mol. The highest BCUT2D eigenvalue weighted by Crippen LogP contribution is 1.95. The van der Waals surface area contributed by atoms with Crippen LogP contribution >= 0.6 is 15.9 Å². The molecule has 0 fully saturated rings. The second-order valence-electron chi connectivity index (χ2n) is 1.40. The Bertz CT molecular complexity index is 24.4. The molecule has 0 heterocycles. The fraction of sp³-hybridized carbons (Fsp3) is 1.00. The minimum atomic E-state index is 1.00. The minimum absolute atomic E-state index is 1.00. The molecule has 50 valence electrons. The molecule has 0 aromatic rings. The van der Waals surface area contributed by atoms with Crippen molar-refractivity contribution < 1.29 is 5.02 Å². The molecule has 0 saturated carbocycles. The Balaban J connectivity index is 0. The largest absolute Gasteiger partial charge is 0.458 e. The van der Waals surface area contributed by atoms with Crippen LogP contribution in [0.4, 0.5) is 0 Å². The monoisotopic (exact) mass is 180 g/mol. The third-order valence-electron chi connectivity index (χ3n) is 0.737. The molecule has 0 spiro atoms. The van der Waals surface area contributed by atoms with Crippen LogP contribution < -0.4 is 0 Å². The molecule has 0 bridgehead atoms. The first-order chi connectivity index (χ1) is 3.91. The number of hydrogen-bond acceptors (Lipinski definition) is 1. The van der Waals surface area contributed by atoms with Gasteiger partial charge in [0.05, 0.1) is 0 Å². The third kappa shape index (κ3) is 16.0. The van der Waals surface area contributed by atoms with Crippen molar-refractivity contribution in [2.24, 2.45) is 0 Å². The molecule has 0 aromatic carbocycles. The third-order valence-corrected chi connectivity index (χ3v) is 1.30. The molecule has 0 aromatic heterocycles. The van der Waals surface area contributed by atoms with Crippen LogP contribution in [0, 0.1) is 0 Å². The molecule has 0 aliphatic heterocycles. The zero-order valence-electron chi connectivity index (χ0n) is 5.65. The van der Waals surface area contributed by atoms with Gasteiger partial charge in [-0.05, 0) is 6.42 Å². The first kappa shape index (κ1) is 11.3. The van der Waals surface area contributed by atoms with Gasteiger partial charge in [-0.25, -0.2) is 0 Å². The van der Waals surface area contributed by atoms with E-state index in [2.05, 4.69) is 22.9 Å². The van der Waals surface area contributed by atoms with Gasteiger partial charge < -0.3 is 5.02 Å². The normalized spacial score (nSPS) is 7.38. The van der Waals surface area contributed by atoms with Gasteiger partial charge in [0.25, 0.3) is 8.05 Å². The van der Waals surface area contributed by atoms with Crippen LogP contribution in [0.25, 0.3) is 0 Å². The van der Waals surface area contributed by atoms with E-state index in [9.17, 15) is 0 Å². The molecule has 3 heteroatoms. The summed E-state index contributed by atoms with van der Waals surface area (Å²) in [5.74, 6) is 0. The number of hydrogen-bond donors (Lipinski definition) is 1. The quantitative estimate of drug-likeness (QED) is 0.392. The molecule has 0 aliphatic rings. The van der Waals surface area contributed by atoms with Crippen LogP contribution in [-0.4, -0.2) is 18.4 Å². The molecule has 0 radical (unpaired) electrons. The van der Waals surface area contributed by atoms with Crippen molar-refractivity contribution in [1.82, 2.24) is 0 Å². The van der Waals surface area contributed by atoms with E-state index in [1.165, 1.54) is 24.6 Å². The predicted octanol–water partition coefficient (Wildman–Crippen LogP) is 1.10. The van der Waals surface area contributed by atoms with Crippen LogP contribution in [0.15, 0.2) is 0 Å². The van der Waals surface area contributed by atoms with Crippen molar-refractivity contribution in [2.45, 2.75) is 26.2 Å². The maximum Gasteiger partial charge on any atom is 0.252 e. The number of halogens is 1. The summed E-state index contributed by atoms with van der Waals surface area (Å²) < 4.78 is 0. The molecule has 0 aliphatic carbocycles. The zero-order valence-corrected chi connectivity index (χ0v) is 7.24. The summed E-state index contributed by atoms with van der Waals surface area (Å²) in [6.45, 7) is 2.21. The fourth-order valence-electron chi connectivity index (χ4n) is 0.344. The number of alkyl halides is 1. The highest BCUT2D eigenvalue weighted by molar-refractivity contribution is 9.09. The van der Waals surface area contributed by atoms with E-state index in [1.54, 1.807) is 0 Å². The van der Waals surface area contributed by atoms with E-state index in [0.29, 0.717) is 0 Å². The summed E-state index contributed by atoms with van der Waals surface area (Å²) in [4.78, 5) is 0. The lowest BCUT2D eigenvalue weighted by atomic mass is 10.3. The average Bonchev–Trinajstić information content (AvgIpc) is 1.88. The lowest BCUT2D eigenvalue weighted by Gasteiger charge is -1.85. The summed E-state index contributed by atoms with van der Waals surface area (Å²) in [6.07, 6.45) is 4.02. The Hall–Kier alpha value is 0.505. The molecular weight excluding hydrogens is 167 g/mol. The fourth-order valence-corrected chi connectivity index (χ4v) is 0.741. The second kappa shape index (κ2) is 15.6. The van der Waals surface area contributed by atoms with Crippen molar-refractivity contribution in [2.75, 3.05) is 5.33 Å². The van der Waals surface area contributed by atoms with E-state index in [1.807, 2.05) is 0 Å². The van der Waals surface area contributed by atoms with Gasteiger partial charge in [0.1, 0.15) is 0 Å². The van der Waals surface area contributed by atoms with Gasteiger partial charge >= 0.3 is 0 Å². The zero-order chi connectivity index (χ0) is 6.83. The molecule has 8 heavy (non-hydrogen) atoms. The molecule has 0 saturated heterocycles. The lowest BCUT2D eigenvalue weighted by Crippen LogP contribution is -1.70. The highest BCUT2D eigenvalue weighted by Gasteiger charge is 1.76. The molecule has 0 unspecified atom stereocenters. The van der Waals surface area contributed by atoms with Gasteiger partial charge in [0.15, 0.2) is 0 Å². The Labute approximate surface area is 61.1 Å². The van der Waals surface area contributed by atoms with E-state index in [4.69, 9.17) is 5.02 Å². The van der Waals surface area contributed by atoms with Crippen LogP contribution in [0.3, 0.4) is 0 Å². The SMILES string of the molecule is BO.CCCCCBr. The lowest BCUT2D eigenvalue weighted by molar-refractivity contribution is 0.629. The molecule has 0 atom stereocenters. The van der Waals surface area contributed by atoms with Gasteiger partial charge in [-0.15, -0.1) is 0 Å². The van der Waals surface area contributed by atoms with Crippen molar-refractivity contribution in [3.8, 4) is 0 Å². The van der Waals surface area contributed by atoms with E-state index < -0.39 is 0 Å². The molecular formula is C5H14BBrO. The standard InChI is InChI=1S/C5H11Br.BH3O/c1-2-3-4-5-6;1-2/h2-5H2,1H3;2H,1H2. The van der Waals surface area contributed by atoms with Crippen LogP contribution in [0.1, 0.15) is 26.2 Å². The van der Waals surface area contributed by atoms with Crippen molar-refractivity contribution in [3.63, 3.8) is 0 Å². The minimum Gasteiger partial charge on any atom is -0.458 e. The molecule has 1 nitrogen and oxygen atoms in total. The van der Waals surface area contributed by atoms with Crippen molar-refractivity contribution in [1.29, 1.82) is 0 Å². The molecule has 0 rings (SSSR count). The summed E-state index contributed by atoms with van der Waals surface area (Å²) in [6, 6.07) is 0. The summed E-state index contributed by atoms with van der Waals surface area (Å²) in [5.41, 5.74) is 0. The number of unbranched alkanes of at least 4 members (excludes halogenated alkanes) is 2. The van der Waals surface area contributed by atoms with Gasteiger partial charge in [0.2, 0.25) is 0 Å². The smallest absolute Gasteiger partial charge is 0.252 e. The average molecular weight is 181 g/mol. The van der Waals surface area contributed by atoms with E-state index >= 15 is 0 Å². The Morgan fingerprint density at radius 2 is 1.88 bits per heavy atom. The Morgan fingerprint density at radius 3 is 2.00 bits per heavy atom. The number of rotatable bonds is 3. The summed E-state index contributed by atoms with van der Waals surface area (Å²) in [7, 11) is 1.00. The van der Waals surface area contributed by atoms with E-state index in [-0.39, 0.29) is 0 Å². The van der Waals surface area contributed by atoms with Crippen LogP contribution in [0.5, 0.6) is 0 Å². The first-order valence-electron chi connectivity index (χ1n) is 2.92. The Morgan fingerprint density at radius 1 is 1.38 bits per heavy atom. The second-order valence-corrected chi connectivity index (χ2v) is 2.19. The Kier molecular flexibility index (Phi) is 22.1. The summed E-state index contributed by atoms with van der Waals surface area (Å²) >= 11 is 3.35. The van der Waals surface area contributed by atoms with Gasteiger partial charge in [-0.2, -0.15) is 0 Å². The maximum atomic E-state index is 7.00. The van der Waals surface area contributed by atoms with Gasteiger partial charge in [-0.3, -0.25) is 0 Å². The maximum absolute atomic E-state index is 7.00. The van der Waals surface area contributed by atoms with Crippen LogP contribution in [-0.2, 0) is 0 Å². The van der Waals surface area contributed by atoms with Gasteiger partial charge in [-0.1, -0.05) is 35.7 Å². The van der Waals surface area contributed by atoms with Crippen LogP contribution in [0.2, 0.25) is 0 Å². The summed E-state index contributed by atoms with van der Waals surface area (Å²) in [5, 5.41) is 8.17. The van der Waals surface area contributed by atoms with Crippen molar-refractivity contribution >= 4 is 24.0 Å². The first-order valence-corrected chi connectivity index (χ1v) is 4.04. The van der Waals surface area contributed by atoms with Crippen molar-refractivity contribution in [3.05, 3.63) is 0 Å². The van der Waals surface area contributed by atoms with E-state index in [0.717, 1.165) is 8.05 Å². The molecule has 0 amide bonds. The highest BCUT2D eigenvalue weighted by atomic mass is 79.9. The topological polar surface area (TPSA) is 20.2 Å². The molecule has 1 N–H and O–H groups in total. The van der Waals surface area contributed by atoms with Gasteiger partial charge in [0, 0.05) is 5.33 Å².